The number of benzene rings is 1. The minimum atomic E-state index is -0.562. The predicted molar refractivity (Wildman–Crippen MR) is 114 cm³/mol. The molecule has 0 atom stereocenters. The molecule has 0 spiro atoms. The Hall–Kier alpha value is -3.19. The summed E-state index contributed by atoms with van der Waals surface area (Å²) in [5.74, 6) is -0.0150. The highest BCUT2D eigenvalue weighted by atomic mass is 32.1. The first-order valence-corrected chi connectivity index (χ1v) is 10.1. The van der Waals surface area contributed by atoms with Crippen molar-refractivity contribution in [3.8, 4) is 20.9 Å². The Kier molecular flexibility index (Phi) is 4.84. The van der Waals surface area contributed by atoms with Crippen molar-refractivity contribution in [3.63, 3.8) is 0 Å². The Bertz CT molecular complexity index is 1100. The lowest BCUT2D eigenvalue weighted by Crippen LogP contribution is -2.27. The third-order valence-corrected chi connectivity index (χ3v) is 5.53. The standard InChI is InChI=1S/C22H21N3O3S/c1-22(2,3)28-21(27)25-16-9-15(10-23-12-16)19-7-6-18(29-19)13-4-5-17-14(8-13)11-24-20(17)26/h4-10,12H,11H2,1-3H3,(H,24,26)(H,25,27). The smallest absolute Gasteiger partial charge is 0.412 e. The number of carbonyl (C=O) groups excluding carboxylic acids is 2. The molecule has 7 heteroatoms. The molecule has 4 rings (SSSR count). The van der Waals surface area contributed by atoms with Crippen LogP contribution in [0.3, 0.4) is 0 Å². The largest absolute Gasteiger partial charge is 0.444 e. The second-order valence-electron chi connectivity index (χ2n) is 7.81. The summed E-state index contributed by atoms with van der Waals surface area (Å²) in [5, 5.41) is 5.56. The van der Waals surface area contributed by atoms with Crippen LogP contribution in [0.2, 0.25) is 0 Å². The van der Waals surface area contributed by atoms with E-state index in [0.29, 0.717) is 12.2 Å². The monoisotopic (exact) mass is 407 g/mol. The molecule has 2 aromatic heterocycles. The van der Waals surface area contributed by atoms with Gasteiger partial charge in [-0.2, -0.15) is 0 Å². The number of nitrogens with one attached hydrogen (secondary N) is 2. The molecule has 6 nitrogen and oxygen atoms in total. The van der Waals surface area contributed by atoms with Gasteiger partial charge < -0.3 is 10.1 Å². The van der Waals surface area contributed by atoms with Crippen LogP contribution in [-0.2, 0) is 11.3 Å². The van der Waals surface area contributed by atoms with Crippen LogP contribution in [0, 0.1) is 0 Å². The van der Waals surface area contributed by atoms with E-state index >= 15 is 0 Å². The van der Waals surface area contributed by atoms with Crippen molar-refractivity contribution in [1.82, 2.24) is 10.3 Å². The fraction of sp³-hybridized carbons (Fsp3) is 0.227. The summed E-state index contributed by atoms with van der Waals surface area (Å²) in [6, 6.07) is 11.9. The Morgan fingerprint density at radius 1 is 1.10 bits per heavy atom. The van der Waals surface area contributed by atoms with E-state index in [1.54, 1.807) is 23.7 Å². The fourth-order valence-electron chi connectivity index (χ4n) is 3.10. The maximum atomic E-state index is 12.0. The van der Waals surface area contributed by atoms with Gasteiger partial charge in [-0.3, -0.25) is 15.1 Å². The number of ether oxygens (including phenoxy) is 1. The van der Waals surface area contributed by atoms with Crippen LogP contribution in [0.15, 0.2) is 48.8 Å². The van der Waals surface area contributed by atoms with Gasteiger partial charge in [-0.25, -0.2) is 4.79 Å². The van der Waals surface area contributed by atoms with Crippen LogP contribution in [0.4, 0.5) is 10.5 Å². The molecule has 0 aliphatic carbocycles. The van der Waals surface area contributed by atoms with Crippen LogP contribution >= 0.6 is 11.3 Å². The van der Waals surface area contributed by atoms with E-state index in [4.69, 9.17) is 4.74 Å². The van der Waals surface area contributed by atoms with Crippen LogP contribution in [0.1, 0.15) is 36.7 Å². The second-order valence-corrected chi connectivity index (χ2v) is 8.89. The molecular weight excluding hydrogens is 386 g/mol. The molecule has 0 saturated heterocycles. The van der Waals surface area contributed by atoms with Crippen LogP contribution < -0.4 is 10.6 Å². The molecule has 1 aromatic carbocycles. The van der Waals surface area contributed by atoms with E-state index in [1.165, 1.54) is 0 Å². The minimum Gasteiger partial charge on any atom is -0.444 e. The quantitative estimate of drug-likeness (QED) is 0.635. The summed E-state index contributed by atoms with van der Waals surface area (Å²) in [7, 11) is 0. The minimum absolute atomic E-state index is 0.0150. The van der Waals surface area contributed by atoms with Crippen LogP contribution in [0.25, 0.3) is 20.9 Å². The van der Waals surface area contributed by atoms with E-state index in [0.717, 1.165) is 32.0 Å². The highest BCUT2D eigenvalue weighted by Crippen LogP contribution is 2.36. The Balaban J connectivity index is 1.54. The zero-order chi connectivity index (χ0) is 20.6. The third kappa shape index (κ3) is 4.30. The maximum Gasteiger partial charge on any atom is 0.412 e. The summed E-state index contributed by atoms with van der Waals surface area (Å²) in [6.07, 6.45) is 2.85. The molecule has 0 saturated carbocycles. The summed E-state index contributed by atoms with van der Waals surface area (Å²) in [6.45, 7) is 6.03. The molecule has 0 bridgehead atoms. The van der Waals surface area contributed by atoms with Gasteiger partial charge in [-0.1, -0.05) is 6.07 Å². The Labute approximate surface area is 172 Å². The number of carbonyl (C=O) groups is 2. The Morgan fingerprint density at radius 2 is 1.86 bits per heavy atom. The normalized spacial score (nSPS) is 13.0. The topological polar surface area (TPSA) is 80.3 Å². The lowest BCUT2D eigenvalue weighted by atomic mass is 10.1. The van der Waals surface area contributed by atoms with Gasteiger partial charge in [0.15, 0.2) is 0 Å². The number of rotatable bonds is 3. The van der Waals surface area contributed by atoms with Crippen molar-refractivity contribution in [2.75, 3.05) is 5.32 Å². The van der Waals surface area contributed by atoms with E-state index in [2.05, 4.69) is 27.8 Å². The number of anilines is 1. The number of pyridine rings is 1. The van der Waals surface area contributed by atoms with Crippen molar-refractivity contribution in [3.05, 3.63) is 59.9 Å². The van der Waals surface area contributed by atoms with Crippen molar-refractivity contribution in [2.24, 2.45) is 0 Å². The van der Waals surface area contributed by atoms with Gasteiger partial charge in [0.05, 0.1) is 11.9 Å². The van der Waals surface area contributed by atoms with E-state index in [9.17, 15) is 9.59 Å². The summed E-state index contributed by atoms with van der Waals surface area (Å²) < 4.78 is 5.29. The Morgan fingerprint density at radius 3 is 2.62 bits per heavy atom. The van der Waals surface area contributed by atoms with Crippen molar-refractivity contribution < 1.29 is 14.3 Å². The number of amides is 2. The predicted octanol–water partition coefficient (Wildman–Crippen LogP) is 5.07. The molecule has 3 heterocycles. The molecule has 148 valence electrons. The van der Waals surface area contributed by atoms with Gasteiger partial charge in [0.25, 0.3) is 5.91 Å². The van der Waals surface area contributed by atoms with Crippen molar-refractivity contribution in [2.45, 2.75) is 32.9 Å². The number of hydrogen-bond donors (Lipinski definition) is 2. The highest BCUT2D eigenvalue weighted by Gasteiger charge is 2.19. The van der Waals surface area contributed by atoms with Gasteiger partial charge >= 0.3 is 6.09 Å². The van der Waals surface area contributed by atoms with Gasteiger partial charge in [0.2, 0.25) is 0 Å². The van der Waals surface area contributed by atoms with Gasteiger partial charge in [-0.05, 0) is 62.2 Å². The fourth-order valence-corrected chi connectivity index (χ4v) is 4.08. The number of thiophene rings is 1. The lowest BCUT2D eigenvalue weighted by Gasteiger charge is -2.19. The summed E-state index contributed by atoms with van der Waals surface area (Å²) >= 11 is 1.63. The van der Waals surface area contributed by atoms with Crippen LogP contribution in [-0.4, -0.2) is 22.6 Å². The zero-order valence-corrected chi connectivity index (χ0v) is 17.2. The highest BCUT2D eigenvalue weighted by molar-refractivity contribution is 7.18. The number of fused-ring (bicyclic) bond motifs is 1. The molecule has 0 fully saturated rings. The first kappa shape index (κ1) is 19.1. The van der Waals surface area contributed by atoms with E-state index in [1.807, 2.05) is 45.0 Å². The molecule has 1 aliphatic heterocycles. The molecule has 3 aromatic rings. The number of aromatic nitrogens is 1. The molecule has 0 unspecified atom stereocenters. The molecular formula is C22H21N3O3S. The molecule has 0 radical (unpaired) electrons. The SMILES string of the molecule is CC(C)(C)OC(=O)Nc1cncc(-c2ccc(-c3ccc4c(c3)CNC4=O)s2)c1. The number of nitrogens with zero attached hydrogens (tertiary/aromatic N) is 1. The van der Waals surface area contributed by atoms with Gasteiger partial charge in [0.1, 0.15) is 5.60 Å². The first-order valence-electron chi connectivity index (χ1n) is 9.25. The average Bonchev–Trinajstić information content (AvgIpc) is 3.27. The van der Waals surface area contributed by atoms with Gasteiger partial charge in [-0.15, -0.1) is 11.3 Å². The average molecular weight is 407 g/mol. The molecule has 2 N–H and O–H groups in total. The van der Waals surface area contributed by atoms with Crippen LogP contribution in [0.5, 0.6) is 0 Å². The molecule has 29 heavy (non-hydrogen) atoms. The summed E-state index contributed by atoms with van der Waals surface area (Å²) in [4.78, 5) is 30.1. The van der Waals surface area contributed by atoms with E-state index < -0.39 is 11.7 Å². The summed E-state index contributed by atoms with van der Waals surface area (Å²) in [5.41, 5.74) is 3.77. The molecule has 2 amide bonds. The third-order valence-electron chi connectivity index (χ3n) is 4.35. The zero-order valence-electron chi connectivity index (χ0n) is 16.4. The van der Waals surface area contributed by atoms with Crippen molar-refractivity contribution >= 4 is 29.0 Å². The number of hydrogen-bond acceptors (Lipinski definition) is 5. The maximum absolute atomic E-state index is 12.0. The second kappa shape index (κ2) is 7.33. The first-order chi connectivity index (χ1) is 13.8. The van der Waals surface area contributed by atoms with E-state index in [-0.39, 0.29) is 5.91 Å². The molecule has 1 aliphatic rings. The van der Waals surface area contributed by atoms with Crippen molar-refractivity contribution in [1.29, 1.82) is 0 Å². The lowest BCUT2D eigenvalue weighted by molar-refractivity contribution is 0.0635. The van der Waals surface area contributed by atoms with Gasteiger partial charge in [0, 0.05) is 33.6 Å².